The van der Waals surface area contributed by atoms with E-state index in [1.807, 2.05) is 13.8 Å². The second-order valence-corrected chi connectivity index (χ2v) is 5.92. The highest BCUT2D eigenvalue weighted by Gasteiger charge is 2.34. The molecular weight excluding hydrogens is 296 g/mol. The average Bonchev–Trinajstić information content (AvgIpc) is 2.40. The quantitative estimate of drug-likeness (QED) is 0.646. The maximum absolute atomic E-state index is 10.2. The molecule has 0 spiro atoms. The van der Waals surface area contributed by atoms with Crippen LogP contribution in [0.3, 0.4) is 0 Å². The number of benzene rings is 1. The third-order valence-corrected chi connectivity index (χ3v) is 3.60. The van der Waals surface area contributed by atoms with Crippen LogP contribution in [0.15, 0.2) is 12.1 Å². The van der Waals surface area contributed by atoms with Crippen molar-refractivity contribution in [3.05, 3.63) is 22.7 Å². The number of ether oxygens (including phenoxy) is 4. The van der Waals surface area contributed by atoms with Crippen LogP contribution in [-0.2, 0) is 9.47 Å². The second-order valence-electron chi connectivity index (χ2n) is 5.54. The SMILES string of the molecule is COCCOCOc1ccc2c(c1Cl)OC(C)(C)CC2O. The molecule has 1 aliphatic heterocycles. The van der Waals surface area contributed by atoms with E-state index < -0.39 is 11.7 Å². The molecule has 1 N–H and O–H groups in total. The lowest BCUT2D eigenvalue weighted by atomic mass is 9.92. The van der Waals surface area contributed by atoms with Crippen molar-refractivity contribution >= 4 is 11.6 Å². The molecular formula is C15H21ClO5. The van der Waals surface area contributed by atoms with Gasteiger partial charge in [-0.1, -0.05) is 11.6 Å². The number of hydrogen-bond acceptors (Lipinski definition) is 5. The Labute approximate surface area is 129 Å². The molecule has 5 nitrogen and oxygen atoms in total. The summed E-state index contributed by atoms with van der Waals surface area (Å²) < 4.78 is 21.5. The van der Waals surface area contributed by atoms with Crippen molar-refractivity contribution in [1.82, 2.24) is 0 Å². The van der Waals surface area contributed by atoms with Crippen molar-refractivity contribution in [2.45, 2.75) is 32.0 Å². The van der Waals surface area contributed by atoms with Gasteiger partial charge in [-0.15, -0.1) is 0 Å². The first-order valence-corrected chi connectivity index (χ1v) is 7.21. The van der Waals surface area contributed by atoms with E-state index in [9.17, 15) is 5.11 Å². The largest absolute Gasteiger partial charge is 0.486 e. The average molecular weight is 317 g/mol. The summed E-state index contributed by atoms with van der Waals surface area (Å²) in [5.74, 6) is 0.951. The molecule has 118 valence electrons. The summed E-state index contributed by atoms with van der Waals surface area (Å²) in [7, 11) is 1.61. The Bertz CT molecular complexity index is 489. The number of aliphatic hydroxyl groups excluding tert-OH is 1. The monoisotopic (exact) mass is 316 g/mol. The molecule has 0 aliphatic carbocycles. The Balaban J connectivity index is 2.08. The molecule has 1 aliphatic rings. The number of methoxy groups -OCH3 is 1. The number of fused-ring (bicyclic) bond motifs is 1. The molecule has 1 atom stereocenters. The summed E-state index contributed by atoms with van der Waals surface area (Å²) >= 11 is 6.32. The second kappa shape index (κ2) is 6.83. The number of rotatable bonds is 6. The molecule has 1 aromatic carbocycles. The summed E-state index contributed by atoms with van der Waals surface area (Å²) in [4.78, 5) is 0. The molecule has 1 heterocycles. The van der Waals surface area contributed by atoms with Crippen molar-refractivity contribution in [2.24, 2.45) is 0 Å². The molecule has 0 saturated heterocycles. The predicted molar refractivity (Wildman–Crippen MR) is 79.1 cm³/mol. The van der Waals surface area contributed by atoms with Crippen LogP contribution in [0, 0.1) is 0 Å². The van der Waals surface area contributed by atoms with Crippen molar-refractivity contribution in [3.8, 4) is 11.5 Å². The van der Waals surface area contributed by atoms with Crippen LogP contribution in [0.1, 0.15) is 31.9 Å². The van der Waals surface area contributed by atoms with Gasteiger partial charge in [0.05, 0.1) is 19.3 Å². The molecule has 1 unspecified atom stereocenters. The van der Waals surface area contributed by atoms with Gasteiger partial charge in [-0.3, -0.25) is 0 Å². The summed E-state index contributed by atoms with van der Waals surface area (Å²) in [5, 5.41) is 10.5. The third kappa shape index (κ3) is 4.01. The van der Waals surface area contributed by atoms with Gasteiger partial charge in [0.25, 0.3) is 0 Å². The first-order valence-electron chi connectivity index (χ1n) is 6.83. The molecule has 0 aromatic heterocycles. The zero-order valence-corrected chi connectivity index (χ0v) is 13.3. The van der Waals surface area contributed by atoms with E-state index in [2.05, 4.69) is 0 Å². The first kappa shape index (κ1) is 16.4. The van der Waals surface area contributed by atoms with Crippen LogP contribution in [0.25, 0.3) is 0 Å². The highest BCUT2D eigenvalue weighted by Crippen LogP contribution is 2.46. The van der Waals surface area contributed by atoms with E-state index in [1.54, 1.807) is 19.2 Å². The van der Waals surface area contributed by atoms with E-state index in [0.717, 1.165) is 0 Å². The minimum absolute atomic E-state index is 0.0772. The lowest BCUT2D eigenvalue weighted by Gasteiger charge is -2.36. The molecule has 0 fully saturated rings. The molecule has 21 heavy (non-hydrogen) atoms. The van der Waals surface area contributed by atoms with Gasteiger partial charge >= 0.3 is 0 Å². The molecule has 0 amide bonds. The lowest BCUT2D eigenvalue weighted by molar-refractivity contribution is -0.00959. The fourth-order valence-corrected chi connectivity index (χ4v) is 2.50. The molecule has 0 radical (unpaired) electrons. The number of hydrogen-bond donors (Lipinski definition) is 1. The maximum atomic E-state index is 10.2. The summed E-state index contributed by atoms with van der Waals surface area (Å²) in [6, 6.07) is 3.48. The van der Waals surface area contributed by atoms with E-state index in [0.29, 0.717) is 41.7 Å². The number of halogens is 1. The first-order chi connectivity index (χ1) is 9.94. The fourth-order valence-electron chi connectivity index (χ4n) is 2.23. The summed E-state index contributed by atoms with van der Waals surface area (Å²) in [6.07, 6.45) is -0.0651. The van der Waals surface area contributed by atoms with Gasteiger partial charge in [-0.25, -0.2) is 0 Å². The molecule has 6 heteroatoms. The van der Waals surface area contributed by atoms with Crippen molar-refractivity contribution < 1.29 is 24.1 Å². The normalized spacial score (nSPS) is 19.8. The smallest absolute Gasteiger partial charge is 0.189 e. The number of aliphatic hydroxyl groups is 1. The molecule has 0 saturated carbocycles. The van der Waals surface area contributed by atoms with Gasteiger partial charge in [0.15, 0.2) is 6.79 Å². The molecule has 2 rings (SSSR count). The highest BCUT2D eigenvalue weighted by molar-refractivity contribution is 6.33. The topological polar surface area (TPSA) is 57.2 Å². The Kier molecular flexibility index (Phi) is 5.32. The van der Waals surface area contributed by atoms with Crippen LogP contribution in [0.5, 0.6) is 11.5 Å². The Morgan fingerprint density at radius 3 is 2.86 bits per heavy atom. The van der Waals surface area contributed by atoms with Gasteiger partial charge in [0.1, 0.15) is 22.1 Å². The zero-order valence-electron chi connectivity index (χ0n) is 12.5. The maximum Gasteiger partial charge on any atom is 0.189 e. The van der Waals surface area contributed by atoms with Gasteiger partial charge in [-0.05, 0) is 26.0 Å². The Hall–Kier alpha value is -1.01. The summed E-state index contributed by atoms with van der Waals surface area (Å²) in [6.45, 7) is 4.85. The van der Waals surface area contributed by atoms with Crippen molar-refractivity contribution in [1.29, 1.82) is 0 Å². The minimum Gasteiger partial charge on any atom is -0.486 e. The fraction of sp³-hybridized carbons (Fsp3) is 0.600. The zero-order chi connectivity index (χ0) is 15.5. The van der Waals surface area contributed by atoms with Crippen LogP contribution in [0.2, 0.25) is 5.02 Å². The predicted octanol–water partition coefficient (Wildman–Crippen LogP) is 2.93. The van der Waals surface area contributed by atoms with E-state index in [-0.39, 0.29) is 6.79 Å². The third-order valence-electron chi connectivity index (χ3n) is 3.24. The van der Waals surface area contributed by atoms with E-state index >= 15 is 0 Å². The van der Waals surface area contributed by atoms with E-state index in [4.69, 9.17) is 30.5 Å². The lowest BCUT2D eigenvalue weighted by Crippen LogP contribution is -2.35. The minimum atomic E-state index is -0.590. The summed E-state index contributed by atoms with van der Waals surface area (Å²) in [5.41, 5.74) is 0.218. The van der Waals surface area contributed by atoms with Crippen molar-refractivity contribution in [3.63, 3.8) is 0 Å². The standard InChI is InChI=1S/C15H21ClO5/c1-15(2)8-11(17)10-4-5-12(13(16)14(10)21-15)20-9-19-7-6-18-3/h4-5,11,17H,6-9H2,1-3H3. The van der Waals surface area contributed by atoms with Crippen LogP contribution in [-0.4, -0.2) is 37.8 Å². The van der Waals surface area contributed by atoms with Crippen LogP contribution in [0.4, 0.5) is 0 Å². The van der Waals surface area contributed by atoms with E-state index in [1.165, 1.54) is 0 Å². The molecule has 1 aromatic rings. The van der Waals surface area contributed by atoms with Crippen molar-refractivity contribution in [2.75, 3.05) is 27.1 Å². The Morgan fingerprint density at radius 2 is 2.14 bits per heavy atom. The van der Waals surface area contributed by atoms with Gasteiger partial charge in [0, 0.05) is 19.1 Å². The Morgan fingerprint density at radius 1 is 1.38 bits per heavy atom. The highest BCUT2D eigenvalue weighted by atomic mass is 35.5. The van der Waals surface area contributed by atoms with Gasteiger partial charge in [-0.2, -0.15) is 0 Å². The molecule has 0 bridgehead atoms. The van der Waals surface area contributed by atoms with Crippen LogP contribution >= 0.6 is 11.6 Å². The van der Waals surface area contributed by atoms with Gasteiger partial charge in [0.2, 0.25) is 0 Å². The van der Waals surface area contributed by atoms with Gasteiger partial charge < -0.3 is 24.1 Å². The van der Waals surface area contributed by atoms with Crippen LogP contribution < -0.4 is 9.47 Å².